The van der Waals surface area contributed by atoms with Crippen LogP contribution in [0, 0.1) is 13.8 Å². The van der Waals surface area contributed by atoms with Gasteiger partial charge in [0.2, 0.25) is 0 Å². The Morgan fingerprint density at radius 3 is 2.27 bits per heavy atom. The molecule has 30 heavy (non-hydrogen) atoms. The molecule has 0 amide bonds. The molecule has 5 nitrogen and oxygen atoms in total. The van der Waals surface area contributed by atoms with Gasteiger partial charge in [0.15, 0.2) is 0 Å². The summed E-state index contributed by atoms with van der Waals surface area (Å²) in [6, 6.07) is 9.38. The average molecular weight is 410 g/mol. The summed E-state index contributed by atoms with van der Waals surface area (Å²) in [6.07, 6.45) is 6.63. The first kappa shape index (κ1) is 22.3. The van der Waals surface area contributed by atoms with Gasteiger partial charge in [-0.15, -0.1) is 0 Å². The number of carbonyl (C=O) groups is 1. The summed E-state index contributed by atoms with van der Waals surface area (Å²) in [5.74, 6) is -0.289. The third-order valence-electron chi connectivity index (χ3n) is 6.52. The van der Waals surface area contributed by atoms with E-state index < -0.39 is 0 Å². The normalized spacial score (nSPS) is 19.0. The molecule has 1 fully saturated rings. The smallest absolute Gasteiger partial charge is 0.338 e. The molecular weight excluding hydrogens is 374 g/mol. The van der Waals surface area contributed by atoms with Crippen LogP contribution in [0.15, 0.2) is 30.5 Å². The average Bonchev–Trinajstić information content (AvgIpc) is 2.75. The number of nitrogens with zero attached hydrogens (tertiary/aromatic N) is 3. The van der Waals surface area contributed by atoms with Gasteiger partial charge in [-0.1, -0.05) is 6.07 Å². The van der Waals surface area contributed by atoms with E-state index in [-0.39, 0.29) is 5.97 Å². The molecule has 0 aliphatic heterocycles. The van der Waals surface area contributed by atoms with Crippen molar-refractivity contribution in [3.8, 4) is 11.1 Å². The minimum Gasteiger partial charge on any atom is -0.465 e. The van der Waals surface area contributed by atoms with Gasteiger partial charge in [-0.25, -0.2) is 4.79 Å². The first-order valence-corrected chi connectivity index (χ1v) is 10.9. The first-order valence-electron chi connectivity index (χ1n) is 10.9. The van der Waals surface area contributed by atoms with Crippen molar-refractivity contribution in [3.05, 3.63) is 47.3 Å². The molecule has 3 rings (SSSR count). The highest BCUT2D eigenvalue weighted by Gasteiger charge is 2.28. The Labute approximate surface area is 181 Å². The quantitative estimate of drug-likeness (QED) is 0.638. The van der Waals surface area contributed by atoms with Crippen LogP contribution in [0.1, 0.15) is 54.2 Å². The van der Waals surface area contributed by atoms with Gasteiger partial charge >= 0.3 is 5.97 Å². The molecule has 0 unspecified atom stereocenters. The fourth-order valence-electron chi connectivity index (χ4n) is 4.64. The van der Waals surface area contributed by atoms with Crippen molar-refractivity contribution in [1.82, 2.24) is 9.88 Å². The Bertz CT molecular complexity index is 869. The minimum absolute atomic E-state index is 0.289. The summed E-state index contributed by atoms with van der Waals surface area (Å²) >= 11 is 0. The van der Waals surface area contributed by atoms with Gasteiger partial charge in [0, 0.05) is 41.8 Å². The number of hydrogen-bond donors (Lipinski definition) is 0. The summed E-state index contributed by atoms with van der Waals surface area (Å²) in [6.45, 7) is 7.13. The predicted molar refractivity (Wildman–Crippen MR) is 123 cm³/mol. The molecule has 0 spiro atoms. The molecule has 162 valence electrons. The topological polar surface area (TPSA) is 45.7 Å². The van der Waals surface area contributed by atoms with Crippen LogP contribution in [0.5, 0.6) is 0 Å². The lowest BCUT2D eigenvalue weighted by Gasteiger charge is -2.40. The molecule has 5 heteroatoms. The van der Waals surface area contributed by atoms with E-state index in [0.29, 0.717) is 17.6 Å². The second kappa shape index (κ2) is 9.61. The number of rotatable bonds is 6. The largest absolute Gasteiger partial charge is 0.465 e. The summed E-state index contributed by atoms with van der Waals surface area (Å²) in [7, 11) is 5.80. The van der Waals surface area contributed by atoms with E-state index in [9.17, 15) is 4.79 Å². The number of methoxy groups -OCH3 is 1. The van der Waals surface area contributed by atoms with Crippen LogP contribution in [0.2, 0.25) is 0 Å². The molecule has 1 aromatic carbocycles. The second-order valence-electron chi connectivity index (χ2n) is 8.56. The lowest BCUT2D eigenvalue weighted by molar-refractivity contribution is 0.0600. The van der Waals surface area contributed by atoms with E-state index in [1.165, 1.54) is 32.8 Å². The van der Waals surface area contributed by atoms with Crippen molar-refractivity contribution < 1.29 is 9.53 Å². The van der Waals surface area contributed by atoms with E-state index in [2.05, 4.69) is 47.9 Å². The van der Waals surface area contributed by atoms with Crippen LogP contribution >= 0.6 is 0 Å². The molecule has 1 aliphatic rings. The number of ether oxygens (including phenoxy) is 1. The summed E-state index contributed by atoms with van der Waals surface area (Å²) in [5.41, 5.74) is 5.74. The van der Waals surface area contributed by atoms with Crippen LogP contribution < -0.4 is 4.90 Å². The third-order valence-corrected chi connectivity index (χ3v) is 6.52. The van der Waals surface area contributed by atoms with Gasteiger partial charge in [0.25, 0.3) is 0 Å². The molecular formula is C25H35N3O2. The Hall–Kier alpha value is -2.40. The fraction of sp³-hybridized carbons (Fsp3) is 0.520. The van der Waals surface area contributed by atoms with Gasteiger partial charge in [-0.2, -0.15) is 0 Å². The number of aromatic nitrogens is 1. The van der Waals surface area contributed by atoms with Crippen molar-refractivity contribution in [2.45, 2.75) is 58.5 Å². The highest BCUT2D eigenvalue weighted by atomic mass is 16.5. The van der Waals surface area contributed by atoms with Crippen molar-refractivity contribution in [2.75, 3.05) is 32.6 Å². The van der Waals surface area contributed by atoms with E-state index in [0.717, 1.165) is 34.6 Å². The number of benzene rings is 1. The van der Waals surface area contributed by atoms with Gasteiger partial charge < -0.3 is 14.5 Å². The summed E-state index contributed by atoms with van der Waals surface area (Å²) < 4.78 is 5.10. The molecule has 0 N–H and O–H groups in total. The van der Waals surface area contributed by atoms with Gasteiger partial charge in [0.1, 0.15) is 0 Å². The first-order chi connectivity index (χ1) is 14.3. The maximum atomic E-state index is 12.6. The number of carbonyl (C=O) groups excluding carboxylic acids is 1. The monoisotopic (exact) mass is 409 g/mol. The van der Waals surface area contributed by atoms with E-state index in [1.807, 2.05) is 32.2 Å². The Morgan fingerprint density at radius 2 is 1.73 bits per heavy atom. The van der Waals surface area contributed by atoms with Crippen molar-refractivity contribution in [1.29, 1.82) is 0 Å². The van der Waals surface area contributed by atoms with Crippen LogP contribution in [0.25, 0.3) is 11.1 Å². The molecule has 0 saturated heterocycles. The fourth-order valence-corrected chi connectivity index (χ4v) is 4.64. The van der Waals surface area contributed by atoms with Gasteiger partial charge in [0.05, 0.1) is 12.7 Å². The molecule has 2 aromatic rings. The van der Waals surface area contributed by atoms with E-state index in [1.54, 1.807) is 0 Å². The zero-order valence-electron chi connectivity index (χ0n) is 19.2. The maximum Gasteiger partial charge on any atom is 0.338 e. The molecule has 1 heterocycles. The van der Waals surface area contributed by atoms with Gasteiger partial charge in [-0.05, 0) is 89.9 Å². The zero-order chi connectivity index (χ0) is 21.8. The molecule has 0 bridgehead atoms. The van der Waals surface area contributed by atoms with Crippen LogP contribution in [-0.2, 0) is 4.74 Å². The summed E-state index contributed by atoms with van der Waals surface area (Å²) in [4.78, 5) is 21.8. The highest BCUT2D eigenvalue weighted by Crippen LogP contribution is 2.35. The van der Waals surface area contributed by atoms with Gasteiger partial charge in [-0.3, -0.25) is 4.98 Å². The van der Waals surface area contributed by atoms with Crippen molar-refractivity contribution in [3.63, 3.8) is 0 Å². The molecule has 1 saturated carbocycles. The highest BCUT2D eigenvalue weighted by molar-refractivity contribution is 5.95. The Balaban J connectivity index is 2.02. The maximum absolute atomic E-state index is 12.6. The Kier molecular flexibility index (Phi) is 7.14. The molecule has 0 radical (unpaired) electrons. The standard InChI is InChI=1S/C25H35N3O2/c1-7-28(22-12-10-21(11-13-22)27(4)5)24-15-20(19-9-8-17(2)26-16-19)14-23(18(24)3)25(29)30-6/h8-9,14-16,21-22H,7,10-13H2,1-6H3/t21-,22-. The number of anilines is 1. The zero-order valence-corrected chi connectivity index (χ0v) is 19.2. The number of esters is 1. The van der Waals surface area contributed by atoms with E-state index >= 15 is 0 Å². The third kappa shape index (κ3) is 4.67. The van der Waals surface area contributed by atoms with Crippen LogP contribution in [0.4, 0.5) is 5.69 Å². The molecule has 1 aromatic heterocycles. The summed E-state index contributed by atoms with van der Waals surface area (Å²) in [5, 5.41) is 0. The number of hydrogen-bond acceptors (Lipinski definition) is 5. The van der Waals surface area contributed by atoms with Crippen molar-refractivity contribution in [2.24, 2.45) is 0 Å². The van der Waals surface area contributed by atoms with Crippen LogP contribution in [-0.4, -0.2) is 55.7 Å². The molecule has 1 aliphatic carbocycles. The lowest BCUT2D eigenvalue weighted by Crippen LogP contribution is -2.42. The van der Waals surface area contributed by atoms with Crippen LogP contribution in [0.3, 0.4) is 0 Å². The minimum atomic E-state index is -0.289. The van der Waals surface area contributed by atoms with Crippen molar-refractivity contribution >= 4 is 11.7 Å². The number of pyridine rings is 1. The lowest BCUT2D eigenvalue weighted by atomic mass is 9.88. The molecule has 0 atom stereocenters. The second-order valence-corrected chi connectivity index (χ2v) is 8.56. The number of aryl methyl sites for hydroxylation is 1. The van der Waals surface area contributed by atoms with E-state index in [4.69, 9.17) is 4.74 Å². The predicted octanol–water partition coefficient (Wildman–Crippen LogP) is 4.85. The Morgan fingerprint density at radius 1 is 1.07 bits per heavy atom. The SMILES string of the molecule is CCN(c1cc(-c2ccc(C)nc2)cc(C(=O)OC)c1C)[C@H]1CC[C@H](N(C)C)CC1.